The monoisotopic (exact) mass is 346 g/mol. The number of hydrogen-bond donors (Lipinski definition) is 3. The molecule has 0 aliphatic carbocycles. The number of pyridine rings is 1. The summed E-state index contributed by atoms with van der Waals surface area (Å²) in [6, 6.07) is 4.27. The van der Waals surface area contributed by atoms with Crippen LogP contribution in [0.3, 0.4) is 0 Å². The molecule has 3 atom stereocenters. The average Bonchev–Trinajstić information content (AvgIpc) is 2.76. The van der Waals surface area contributed by atoms with Gasteiger partial charge in [0.2, 0.25) is 0 Å². The molecule has 0 bridgehead atoms. The highest BCUT2D eigenvalue weighted by molar-refractivity contribution is 5.74. The predicted octanol–water partition coefficient (Wildman–Crippen LogP) is 2.38. The van der Waals surface area contributed by atoms with Crippen molar-refractivity contribution >= 4 is 6.03 Å². The molecule has 3 unspecified atom stereocenters. The third kappa shape index (κ3) is 5.41. The van der Waals surface area contributed by atoms with Crippen LogP contribution in [-0.2, 0) is 4.74 Å². The Morgan fingerprint density at radius 3 is 2.80 bits per heavy atom. The predicted molar refractivity (Wildman–Crippen MR) is 97.3 cm³/mol. The van der Waals surface area contributed by atoms with Gasteiger partial charge in [-0.15, -0.1) is 0 Å². The Kier molecular flexibility index (Phi) is 5.91. The molecule has 0 radical (unpaired) electrons. The SMILES string of the molecule is CC1(C)CNCCC(NC(=O)NC2CCOC(c3ccncc3)C2)C1. The Bertz CT molecular complexity index is 564. The van der Waals surface area contributed by atoms with Crippen LogP contribution in [0.5, 0.6) is 0 Å². The first-order valence-electron chi connectivity index (χ1n) is 9.31. The number of aromatic nitrogens is 1. The maximum absolute atomic E-state index is 12.5. The minimum absolute atomic E-state index is 0.0306. The van der Waals surface area contributed by atoms with Crippen molar-refractivity contribution in [1.82, 2.24) is 20.9 Å². The van der Waals surface area contributed by atoms with E-state index in [2.05, 4.69) is 34.8 Å². The molecule has 3 heterocycles. The molecule has 2 fully saturated rings. The summed E-state index contributed by atoms with van der Waals surface area (Å²) in [5, 5.41) is 9.78. The summed E-state index contributed by atoms with van der Waals surface area (Å²) in [6.07, 6.45) is 7.23. The molecular weight excluding hydrogens is 316 g/mol. The highest BCUT2D eigenvalue weighted by Crippen LogP contribution is 2.28. The van der Waals surface area contributed by atoms with Crippen molar-refractivity contribution < 1.29 is 9.53 Å². The molecular formula is C19H30N4O2. The topological polar surface area (TPSA) is 75.3 Å². The molecule has 3 rings (SSSR count). The van der Waals surface area contributed by atoms with Crippen LogP contribution in [0, 0.1) is 5.41 Å². The molecule has 138 valence electrons. The summed E-state index contributed by atoms with van der Waals surface area (Å²) >= 11 is 0. The second-order valence-electron chi connectivity index (χ2n) is 8.01. The van der Waals surface area contributed by atoms with Gasteiger partial charge >= 0.3 is 6.03 Å². The molecule has 6 heteroatoms. The molecule has 0 spiro atoms. The molecule has 1 aromatic rings. The van der Waals surface area contributed by atoms with Crippen LogP contribution >= 0.6 is 0 Å². The van der Waals surface area contributed by atoms with Crippen molar-refractivity contribution in [3.8, 4) is 0 Å². The van der Waals surface area contributed by atoms with Gasteiger partial charge < -0.3 is 20.7 Å². The van der Waals surface area contributed by atoms with Crippen LogP contribution in [0.2, 0.25) is 0 Å². The van der Waals surface area contributed by atoms with E-state index in [1.165, 1.54) is 0 Å². The largest absolute Gasteiger partial charge is 0.373 e. The zero-order valence-corrected chi connectivity index (χ0v) is 15.3. The summed E-state index contributed by atoms with van der Waals surface area (Å²) < 4.78 is 5.86. The van der Waals surface area contributed by atoms with E-state index in [0.717, 1.165) is 44.3 Å². The normalized spacial score (nSPS) is 29.4. The summed E-state index contributed by atoms with van der Waals surface area (Å²) in [7, 11) is 0. The van der Waals surface area contributed by atoms with Gasteiger partial charge in [0.1, 0.15) is 0 Å². The number of carbonyl (C=O) groups excluding carboxylic acids is 1. The second kappa shape index (κ2) is 8.15. The van der Waals surface area contributed by atoms with Crippen LogP contribution in [0.25, 0.3) is 0 Å². The highest BCUT2D eigenvalue weighted by Gasteiger charge is 2.29. The van der Waals surface area contributed by atoms with Crippen molar-refractivity contribution in [2.45, 2.75) is 57.7 Å². The fraction of sp³-hybridized carbons (Fsp3) is 0.684. The lowest BCUT2D eigenvalue weighted by Gasteiger charge is -2.31. The molecule has 0 saturated carbocycles. The molecule has 1 aromatic heterocycles. The molecule has 25 heavy (non-hydrogen) atoms. The molecule has 2 saturated heterocycles. The van der Waals surface area contributed by atoms with E-state index in [1.54, 1.807) is 12.4 Å². The Hall–Kier alpha value is -1.66. The number of rotatable bonds is 3. The molecule has 2 aliphatic rings. The summed E-state index contributed by atoms with van der Waals surface area (Å²) in [4.78, 5) is 16.5. The maximum Gasteiger partial charge on any atom is 0.315 e. The number of amides is 2. The third-order valence-electron chi connectivity index (χ3n) is 5.10. The van der Waals surface area contributed by atoms with Crippen molar-refractivity contribution in [2.75, 3.05) is 19.7 Å². The first-order valence-corrected chi connectivity index (χ1v) is 9.31. The van der Waals surface area contributed by atoms with E-state index in [-0.39, 0.29) is 29.6 Å². The van der Waals surface area contributed by atoms with E-state index < -0.39 is 0 Å². The van der Waals surface area contributed by atoms with Gasteiger partial charge in [-0.25, -0.2) is 4.79 Å². The molecule has 2 aliphatic heterocycles. The van der Waals surface area contributed by atoms with E-state index in [0.29, 0.717) is 6.61 Å². The Morgan fingerprint density at radius 2 is 2.00 bits per heavy atom. The lowest BCUT2D eigenvalue weighted by Crippen LogP contribution is -2.49. The van der Waals surface area contributed by atoms with Crippen LogP contribution in [-0.4, -0.2) is 42.8 Å². The van der Waals surface area contributed by atoms with E-state index in [4.69, 9.17) is 4.74 Å². The fourth-order valence-corrected chi connectivity index (χ4v) is 3.82. The second-order valence-corrected chi connectivity index (χ2v) is 8.01. The van der Waals surface area contributed by atoms with E-state index in [9.17, 15) is 4.79 Å². The summed E-state index contributed by atoms with van der Waals surface area (Å²) in [6.45, 7) is 7.11. The molecule has 0 aromatic carbocycles. The number of ether oxygens (including phenoxy) is 1. The number of urea groups is 1. The van der Waals surface area contributed by atoms with Gasteiger partial charge in [0.05, 0.1) is 6.10 Å². The van der Waals surface area contributed by atoms with E-state index in [1.807, 2.05) is 12.1 Å². The van der Waals surface area contributed by atoms with Gasteiger partial charge in [0.15, 0.2) is 0 Å². The van der Waals surface area contributed by atoms with Gasteiger partial charge in [-0.2, -0.15) is 0 Å². The minimum atomic E-state index is -0.0527. The van der Waals surface area contributed by atoms with Gasteiger partial charge in [0.25, 0.3) is 0 Å². The van der Waals surface area contributed by atoms with Crippen molar-refractivity contribution in [2.24, 2.45) is 5.41 Å². The van der Waals surface area contributed by atoms with Gasteiger partial charge in [0, 0.05) is 37.6 Å². The highest BCUT2D eigenvalue weighted by atomic mass is 16.5. The first kappa shape index (κ1) is 18.1. The summed E-state index contributed by atoms with van der Waals surface area (Å²) in [5.74, 6) is 0. The lowest BCUT2D eigenvalue weighted by atomic mass is 9.86. The molecule has 2 amide bonds. The molecule has 6 nitrogen and oxygen atoms in total. The average molecular weight is 346 g/mol. The van der Waals surface area contributed by atoms with Gasteiger partial charge in [-0.3, -0.25) is 4.98 Å². The number of hydrogen-bond acceptors (Lipinski definition) is 4. The lowest BCUT2D eigenvalue weighted by molar-refractivity contribution is 0.00215. The maximum atomic E-state index is 12.5. The molecule has 3 N–H and O–H groups in total. The minimum Gasteiger partial charge on any atom is -0.373 e. The third-order valence-corrected chi connectivity index (χ3v) is 5.10. The zero-order chi connectivity index (χ0) is 17.7. The van der Waals surface area contributed by atoms with Crippen LogP contribution < -0.4 is 16.0 Å². The summed E-state index contributed by atoms with van der Waals surface area (Å²) in [5.41, 5.74) is 1.33. The van der Waals surface area contributed by atoms with Gasteiger partial charge in [-0.1, -0.05) is 13.8 Å². The smallest absolute Gasteiger partial charge is 0.315 e. The number of carbonyl (C=O) groups is 1. The Morgan fingerprint density at radius 1 is 1.24 bits per heavy atom. The first-order chi connectivity index (χ1) is 12.0. The van der Waals surface area contributed by atoms with Crippen LogP contribution in [0.15, 0.2) is 24.5 Å². The van der Waals surface area contributed by atoms with Crippen molar-refractivity contribution in [3.63, 3.8) is 0 Å². The number of nitrogens with one attached hydrogen (secondary N) is 3. The standard InChI is InChI=1S/C19H30N4O2/c1-19(2)12-16(5-9-21-13-19)23-18(24)22-15-6-10-25-17(11-15)14-3-7-20-8-4-14/h3-4,7-8,15-17,21H,5-6,9-13H2,1-2H3,(H2,22,23,24). The van der Waals surface area contributed by atoms with Crippen molar-refractivity contribution in [3.05, 3.63) is 30.1 Å². The van der Waals surface area contributed by atoms with Gasteiger partial charge in [-0.05, 0) is 55.3 Å². The Balaban J connectivity index is 1.50. The van der Waals surface area contributed by atoms with Crippen molar-refractivity contribution in [1.29, 1.82) is 0 Å². The van der Waals surface area contributed by atoms with Crippen LogP contribution in [0.1, 0.15) is 51.2 Å². The van der Waals surface area contributed by atoms with Crippen LogP contribution in [0.4, 0.5) is 4.79 Å². The number of nitrogens with zero attached hydrogens (tertiary/aromatic N) is 1. The zero-order valence-electron chi connectivity index (χ0n) is 15.3. The Labute approximate surface area is 150 Å². The van der Waals surface area contributed by atoms with E-state index >= 15 is 0 Å². The quantitative estimate of drug-likeness (QED) is 0.785. The fourth-order valence-electron chi connectivity index (χ4n) is 3.82.